The highest BCUT2D eigenvalue weighted by Gasteiger charge is 2.13. The lowest BCUT2D eigenvalue weighted by atomic mass is 10.3. The molecule has 0 radical (unpaired) electrons. The molecule has 0 aliphatic carbocycles. The van der Waals surface area contributed by atoms with Crippen molar-refractivity contribution < 1.29 is 19.0 Å². The number of likely N-dealkylation sites (N-methyl/N-ethyl adjacent to an activating group) is 1. The summed E-state index contributed by atoms with van der Waals surface area (Å²) in [5, 5.41) is 0. The Morgan fingerprint density at radius 1 is 1.44 bits per heavy atom. The summed E-state index contributed by atoms with van der Waals surface area (Å²) in [4.78, 5) is 12.7. The molecule has 0 spiro atoms. The zero-order valence-electron chi connectivity index (χ0n) is 10.0. The van der Waals surface area contributed by atoms with Gasteiger partial charge in [0.15, 0.2) is 11.5 Å². The number of alkyl halides is 1. The van der Waals surface area contributed by atoms with Crippen molar-refractivity contribution in [3.8, 4) is 17.2 Å². The molecule has 1 amide bonds. The molecule has 0 bridgehead atoms. The van der Waals surface area contributed by atoms with E-state index in [1.165, 1.54) is 4.90 Å². The molecule has 2 rings (SSSR count). The number of carbonyl (C=O) groups is 1. The van der Waals surface area contributed by atoms with Gasteiger partial charge in [0.2, 0.25) is 12.7 Å². The molecule has 6 heteroatoms. The highest BCUT2D eigenvalue weighted by Crippen LogP contribution is 2.34. The minimum Gasteiger partial charge on any atom is -0.492 e. The van der Waals surface area contributed by atoms with Gasteiger partial charge in [-0.3, -0.25) is 4.79 Å². The Morgan fingerprint density at radius 2 is 2.22 bits per heavy atom. The Hall–Kier alpha value is -1.62. The van der Waals surface area contributed by atoms with Gasteiger partial charge in [-0.1, -0.05) is 0 Å². The Labute approximate surface area is 110 Å². The van der Waals surface area contributed by atoms with Crippen LogP contribution < -0.4 is 14.2 Å². The van der Waals surface area contributed by atoms with E-state index in [4.69, 9.17) is 25.8 Å². The van der Waals surface area contributed by atoms with Gasteiger partial charge in [0, 0.05) is 13.1 Å². The van der Waals surface area contributed by atoms with Crippen LogP contribution in [0.3, 0.4) is 0 Å². The van der Waals surface area contributed by atoms with Gasteiger partial charge in [-0.15, -0.1) is 11.6 Å². The quantitative estimate of drug-likeness (QED) is 0.762. The molecular formula is C12H14ClNO4. The SMILES string of the molecule is CN(CCOc1ccc2c(c1)OCO2)C(=O)CCl. The van der Waals surface area contributed by atoms with Crippen LogP contribution in [0, 0.1) is 0 Å². The van der Waals surface area contributed by atoms with E-state index in [0.717, 1.165) is 5.75 Å². The second-order valence-corrected chi connectivity index (χ2v) is 4.08. The maximum Gasteiger partial charge on any atom is 0.237 e. The van der Waals surface area contributed by atoms with E-state index in [1.807, 2.05) is 0 Å². The summed E-state index contributed by atoms with van der Waals surface area (Å²) in [5.74, 6) is 1.95. The van der Waals surface area contributed by atoms with Crippen LogP contribution in [0.15, 0.2) is 18.2 Å². The third-order valence-corrected chi connectivity index (χ3v) is 2.81. The van der Waals surface area contributed by atoms with Crippen LogP contribution in [0.4, 0.5) is 0 Å². The summed E-state index contributed by atoms with van der Waals surface area (Å²) in [6.07, 6.45) is 0. The maximum absolute atomic E-state index is 11.2. The molecule has 0 saturated heterocycles. The molecule has 98 valence electrons. The first-order valence-corrected chi connectivity index (χ1v) is 6.06. The van der Waals surface area contributed by atoms with E-state index in [1.54, 1.807) is 25.2 Å². The summed E-state index contributed by atoms with van der Waals surface area (Å²) in [6, 6.07) is 5.37. The van der Waals surface area contributed by atoms with E-state index in [-0.39, 0.29) is 18.6 Å². The normalized spacial score (nSPS) is 12.3. The number of amides is 1. The molecular weight excluding hydrogens is 258 g/mol. The third kappa shape index (κ3) is 2.98. The standard InChI is InChI=1S/C12H14ClNO4/c1-14(12(15)7-13)4-5-16-9-2-3-10-11(6-9)18-8-17-10/h2-3,6H,4-5,7-8H2,1H3. The Bertz CT molecular complexity index is 438. The van der Waals surface area contributed by atoms with Crippen LogP contribution in [0.2, 0.25) is 0 Å². The zero-order valence-corrected chi connectivity index (χ0v) is 10.8. The largest absolute Gasteiger partial charge is 0.492 e. The first-order chi connectivity index (χ1) is 8.70. The molecule has 18 heavy (non-hydrogen) atoms. The summed E-state index contributed by atoms with van der Waals surface area (Å²) in [5.41, 5.74) is 0. The van der Waals surface area contributed by atoms with Crippen molar-refractivity contribution in [3.05, 3.63) is 18.2 Å². The molecule has 1 aliphatic rings. The highest BCUT2D eigenvalue weighted by molar-refractivity contribution is 6.27. The number of benzene rings is 1. The lowest BCUT2D eigenvalue weighted by Gasteiger charge is -2.16. The topological polar surface area (TPSA) is 48.0 Å². The van der Waals surface area contributed by atoms with Gasteiger partial charge in [0.05, 0.1) is 6.54 Å². The molecule has 1 aromatic carbocycles. The van der Waals surface area contributed by atoms with Crippen molar-refractivity contribution in [1.82, 2.24) is 4.90 Å². The second kappa shape index (κ2) is 5.82. The zero-order chi connectivity index (χ0) is 13.0. The average molecular weight is 272 g/mol. The van der Waals surface area contributed by atoms with E-state index in [0.29, 0.717) is 24.7 Å². The van der Waals surface area contributed by atoms with Crippen molar-refractivity contribution in [3.63, 3.8) is 0 Å². The minimum absolute atomic E-state index is 0.0134. The van der Waals surface area contributed by atoms with E-state index < -0.39 is 0 Å². The molecule has 0 atom stereocenters. The molecule has 0 saturated carbocycles. The summed E-state index contributed by atoms with van der Waals surface area (Å²) < 4.78 is 16.0. The van der Waals surface area contributed by atoms with E-state index >= 15 is 0 Å². The van der Waals surface area contributed by atoms with Gasteiger partial charge in [-0.2, -0.15) is 0 Å². The molecule has 0 unspecified atom stereocenters. The fourth-order valence-corrected chi connectivity index (χ4v) is 1.70. The Balaban J connectivity index is 1.82. The number of nitrogens with zero attached hydrogens (tertiary/aromatic N) is 1. The number of fused-ring (bicyclic) bond motifs is 1. The molecule has 5 nitrogen and oxygen atoms in total. The average Bonchev–Trinajstić information content (AvgIpc) is 2.85. The van der Waals surface area contributed by atoms with Crippen LogP contribution in [-0.2, 0) is 4.79 Å². The summed E-state index contributed by atoms with van der Waals surface area (Å²) >= 11 is 5.44. The molecule has 1 aliphatic heterocycles. The van der Waals surface area contributed by atoms with Gasteiger partial charge in [0.1, 0.15) is 18.2 Å². The van der Waals surface area contributed by atoms with Gasteiger partial charge in [-0.05, 0) is 12.1 Å². The molecule has 0 aromatic heterocycles. The van der Waals surface area contributed by atoms with Crippen molar-refractivity contribution >= 4 is 17.5 Å². The Kier molecular flexibility index (Phi) is 4.15. The van der Waals surface area contributed by atoms with E-state index in [9.17, 15) is 4.79 Å². The van der Waals surface area contributed by atoms with Gasteiger partial charge in [-0.25, -0.2) is 0 Å². The first kappa shape index (κ1) is 12.8. The summed E-state index contributed by atoms with van der Waals surface area (Å²) in [6.45, 7) is 1.13. The van der Waals surface area contributed by atoms with Crippen LogP contribution in [0.5, 0.6) is 17.2 Å². The molecule has 1 aromatic rings. The van der Waals surface area contributed by atoms with Crippen LogP contribution in [-0.4, -0.2) is 43.7 Å². The number of halogens is 1. The van der Waals surface area contributed by atoms with Crippen LogP contribution in [0.25, 0.3) is 0 Å². The number of ether oxygens (including phenoxy) is 3. The number of rotatable bonds is 5. The Morgan fingerprint density at radius 3 is 3.00 bits per heavy atom. The van der Waals surface area contributed by atoms with Crippen LogP contribution >= 0.6 is 11.6 Å². The van der Waals surface area contributed by atoms with Crippen molar-refractivity contribution in [2.75, 3.05) is 32.9 Å². The third-order valence-electron chi connectivity index (χ3n) is 2.58. The van der Waals surface area contributed by atoms with Gasteiger partial charge < -0.3 is 19.1 Å². The predicted molar refractivity (Wildman–Crippen MR) is 66.4 cm³/mol. The van der Waals surface area contributed by atoms with Gasteiger partial charge >= 0.3 is 0 Å². The van der Waals surface area contributed by atoms with Crippen molar-refractivity contribution in [2.24, 2.45) is 0 Å². The fourth-order valence-electron chi connectivity index (χ4n) is 1.49. The fraction of sp³-hybridized carbons (Fsp3) is 0.417. The predicted octanol–water partition coefficient (Wildman–Crippen LogP) is 1.49. The molecule has 1 heterocycles. The van der Waals surface area contributed by atoms with Crippen molar-refractivity contribution in [1.29, 1.82) is 0 Å². The second-order valence-electron chi connectivity index (χ2n) is 3.81. The molecule has 0 N–H and O–H groups in total. The number of carbonyl (C=O) groups excluding carboxylic acids is 1. The van der Waals surface area contributed by atoms with Crippen LogP contribution in [0.1, 0.15) is 0 Å². The molecule has 0 fully saturated rings. The lowest BCUT2D eigenvalue weighted by molar-refractivity contribution is -0.127. The minimum atomic E-state index is -0.119. The monoisotopic (exact) mass is 271 g/mol. The van der Waals surface area contributed by atoms with Crippen molar-refractivity contribution in [2.45, 2.75) is 0 Å². The van der Waals surface area contributed by atoms with Gasteiger partial charge in [0.25, 0.3) is 0 Å². The highest BCUT2D eigenvalue weighted by atomic mass is 35.5. The summed E-state index contributed by atoms with van der Waals surface area (Å²) in [7, 11) is 1.69. The number of hydrogen-bond donors (Lipinski definition) is 0. The van der Waals surface area contributed by atoms with E-state index in [2.05, 4.69) is 0 Å². The number of hydrogen-bond acceptors (Lipinski definition) is 4. The smallest absolute Gasteiger partial charge is 0.237 e. The lowest BCUT2D eigenvalue weighted by Crippen LogP contribution is -2.31. The first-order valence-electron chi connectivity index (χ1n) is 5.53. The maximum atomic E-state index is 11.2.